The SMILES string of the molecule is Cc1ccc(S(=O)(=O)N/N=C\c2ccc(OCc3ccccc3)cc2)cc1. The number of benzene rings is 3. The Balaban J connectivity index is 1.56. The van der Waals surface area contributed by atoms with Gasteiger partial charge in [-0.1, -0.05) is 48.0 Å². The summed E-state index contributed by atoms with van der Waals surface area (Å²) in [6.07, 6.45) is 1.45. The first-order chi connectivity index (χ1) is 13.0. The molecule has 0 bridgehead atoms. The third-order valence-corrected chi connectivity index (χ3v) is 5.08. The minimum absolute atomic E-state index is 0.176. The van der Waals surface area contributed by atoms with Gasteiger partial charge in [0.1, 0.15) is 12.4 Å². The lowest BCUT2D eigenvalue weighted by atomic mass is 10.2. The summed E-state index contributed by atoms with van der Waals surface area (Å²) < 4.78 is 30.0. The second-order valence-electron chi connectivity index (χ2n) is 6.01. The maximum atomic E-state index is 12.2. The molecule has 0 aliphatic carbocycles. The van der Waals surface area contributed by atoms with Crippen molar-refractivity contribution in [1.82, 2.24) is 4.83 Å². The summed E-state index contributed by atoms with van der Waals surface area (Å²) in [6, 6.07) is 23.7. The molecule has 3 aromatic carbocycles. The maximum absolute atomic E-state index is 12.2. The summed E-state index contributed by atoms with van der Waals surface area (Å²) in [5.74, 6) is 0.733. The number of sulfonamides is 1. The highest BCUT2D eigenvalue weighted by Crippen LogP contribution is 2.14. The predicted molar refractivity (Wildman–Crippen MR) is 106 cm³/mol. The molecular formula is C21H20N2O3S. The van der Waals surface area contributed by atoms with Crippen LogP contribution in [0.15, 0.2) is 88.9 Å². The van der Waals surface area contributed by atoms with Crippen LogP contribution in [0.25, 0.3) is 0 Å². The first-order valence-electron chi connectivity index (χ1n) is 8.41. The van der Waals surface area contributed by atoms with Crippen LogP contribution in [0.3, 0.4) is 0 Å². The van der Waals surface area contributed by atoms with Gasteiger partial charge in [0.2, 0.25) is 0 Å². The number of hydrogen-bond donors (Lipinski definition) is 1. The highest BCUT2D eigenvalue weighted by Gasteiger charge is 2.11. The lowest BCUT2D eigenvalue weighted by molar-refractivity contribution is 0.306. The van der Waals surface area contributed by atoms with E-state index in [9.17, 15) is 8.42 Å². The van der Waals surface area contributed by atoms with Gasteiger partial charge in [0.25, 0.3) is 10.0 Å². The van der Waals surface area contributed by atoms with Crippen LogP contribution in [0.2, 0.25) is 0 Å². The largest absolute Gasteiger partial charge is 0.489 e. The highest BCUT2D eigenvalue weighted by molar-refractivity contribution is 7.89. The van der Waals surface area contributed by atoms with Crippen LogP contribution in [-0.4, -0.2) is 14.6 Å². The Morgan fingerprint density at radius 1 is 0.926 bits per heavy atom. The molecule has 27 heavy (non-hydrogen) atoms. The molecule has 0 saturated carbocycles. The van der Waals surface area contributed by atoms with Gasteiger partial charge in [0.05, 0.1) is 11.1 Å². The number of rotatable bonds is 7. The van der Waals surface area contributed by atoms with Crippen LogP contribution in [0.4, 0.5) is 0 Å². The van der Waals surface area contributed by atoms with Crippen molar-refractivity contribution in [3.8, 4) is 5.75 Å². The molecule has 0 aliphatic rings. The van der Waals surface area contributed by atoms with Gasteiger partial charge in [-0.05, 0) is 54.4 Å². The molecule has 6 heteroatoms. The van der Waals surface area contributed by atoms with Crippen LogP contribution in [0, 0.1) is 6.92 Å². The third-order valence-electron chi connectivity index (χ3n) is 3.85. The maximum Gasteiger partial charge on any atom is 0.276 e. The molecule has 5 nitrogen and oxygen atoms in total. The van der Waals surface area contributed by atoms with E-state index < -0.39 is 10.0 Å². The Labute approximate surface area is 159 Å². The first-order valence-corrected chi connectivity index (χ1v) is 9.89. The van der Waals surface area contributed by atoms with Crippen molar-refractivity contribution < 1.29 is 13.2 Å². The lowest BCUT2D eigenvalue weighted by Crippen LogP contribution is -2.18. The molecule has 1 N–H and O–H groups in total. The molecule has 0 atom stereocenters. The molecule has 0 saturated heterocycles. The van der Waals surface area contributed by atoms with Gasteiger partial charge >= 0.3 is 0 Å². The fraction of sp³-hybridized carbons (Fsp3) is 0.0952. The summed E-state index contributed by atoms with van der Waals surface area (Å²) in [5.41, 5.74) is 2.84. The van der Waals surface area contributed by atoms with Crippen LogP contribution >= 0.6 is 0 Å². The second-order valence-corrected chi connectivity index (χ2v) is 7.67. The predicted octanol–water partition coefficient (Wildman–Crippen LogP) is 3.89. The Hall–Kier alpha value is -3.12. The topological polar surface area (TPSA) is 67.8 Å². The number of ether oxygens (including phenoxy) is 1. The average molecular weight is 380 g/mol. The summed E-state index contributed by atoms with van der Waals surface area (Å²) in [4.78, 5) is 2.39. The Morgan fingerprint density at radius 2 is 1.59 bits per heavy atom. The molecule has 3 rings (SSSR count). The molecule has 0 heterocycles. The normalized spacial score (nSPS) is 11.4. The van der Waals surface area contributed by atoms with Crippen LogP contribution in [0.5, 0.6) is 5.75 Å². The van der Waals surface area contributed by atoms with Crippen molar-refractivity contribution in [3.63, 3.8) is 0 Å². The van der Waals surface area contributed by atoms with Gasteiger partial charge in [-0.3, -0.25) is 0 Å². The molecule has 3 aromatic rings. The van der Waals surface area contributed by atoms with Gasteiger partial charge < -0.3 is 4.74 Å². The quantitative estimate of drug-likeness (QED) is 0.499. The molecular weight excluding hydrogens is 360 g/mol. The van der Waals surface area contributed by atoms with Gasteiger partial charge in [-0.25, -0.2) is 4.83 Å². The Morgan fingerprint density at radius 3 is 2.26 bits per heavy atom. The van der Waals surface area contributed by atoms with Crippen LogP contribution in [-0.2, 0) is 16.6 Å². The molecule has 0 unspecified atom stereocenters. The van der Waals surface area contributed by atoms with Crippen LogP contribution < -0.4 is 9.57 Å². The minimum atomic E-state index is -3.67. The van der Waals surface area contributed by atoms with E-state index in [-0.39, 0.29) is 4.90 Å². The van der Waals surface area contributed by atoms with E-state index in [2.05, 4.69) is 9.93 Å². The zero-order valence-electron chi connectivity index (χ0n) is 14.9. The second kappa shape index (κ2) is 8.51. The summed E-state index contributed by atoms with van der Waals surface area (Å²) >= 11 is 0. The van der Waals surface area contributed by atoms with E-state index in [4.69, 9.17) is 4.74 Å². The summed E-state index contributed by atoms with van der Waals surface area (Å²) in [7, 11) is -3.67. The molecule has 0 aliphatic heterocycles. The van der Waals surface area contributed by atoms with Gasteiger partial charge in [0.15, 0.2) is 0 Å². The molecule has 0 radical (unpaired) electrons. The fourth-order valence-corrected chi connectivity index (χ4v) is 3.12. The van der Waals surface area contributed by atoms with Crippen molar-refractivity contribution in [3.05, 3.63) is 95.6 Å². The smallest absolute Gasteiger partial charge is 0.276 e. The Bertz CT molecular complexity index is 998. The molecule has 0 amide bonds. The van der Waals surface area contributed by atoms with E-state index in [0.717, 1.165) is 22.4 Å². The van der Waals surface area contributed by atoms with Crippen molar-refractivity contribution >= 4 is 16.2 Å². The number of nitrogens with zero attached hydrogens (tertiary/aromatic N) is 1. The zero-order valence-corrected chi connectivity index (χ0v) is 15.7. The van der Waals surface area contributed by atoms with Crippen molar-refractivity contribution in [2.45, 2.75) is 18.4 Å². The molecule has 0 fully saturated rings. The standard InChI is InChI=1S/C21H20N2O3S/c1-17-7-13-21(14-8-17)27(24,25)23-22-15-18-9-11-20(12-10-18)26-16-19-5-3-2-4-6-19/h2-15,23H,16H2,1H3/b22-15-. The summed E-state index contributed by atoms with van der Waals surface area (Å²) in [5, 5.41) is 3.83. The lowest BCUT2D eigenvalue weighted by Gasteiger charge is -2.06. The third kappa shape index (κ3) is 5.43. The van der Waals surface area contributed by atoms with Crippen molar-refractivity contribution in [2.24, 2.45) is 5.10 Å². The summed E-state index contributed by atoms with van der Waals surface area (Å²) in [6.45, 7) is 2.39. The van der Waals surface area contributed by atoms with E-state index in [1.165, 1.54) is 6.21 Å². The first kappa shape index (κ1) is 18.7. The van der Waals surface area contributed by atoms with Crippen molar-refractivity contribution in [1.29, 1.82) is 0 Å². The monoisotopic (exact) mass is 380 g/mol. The molecule has 138 valence electrons. The fourth-order valence-electron chi connectivity index (χ4n) is 2.33. The van der Waals surface area contributed by atoms with E-state index in [0.29, 0.717) is 6.61 Å². The molecule has 0 aromatic heterocycles. The van der Waals surface area contributed by atoms with E-state index >= 15 is 0 Å². The minimum Gasteiger partial charge on any atom is -0.489 e. The van der Waals surface area contributed by atoms with Crippen LogP contribution in [0.1, 0.15) is 16.7 Å². The van der Waals surface area contributed by atoms with E-state index in [1.807, 2.05) is 61.5 Å². The van der Waals surface area contributed by atoms with Gasteiger partial charge in [-0.2, -0.15) is 13.5 Å². The molecule has 0 spiro atoms. The number of hydrazone groups is 1. The van der Waals surface area contributed by atoms with Crippen molar-refractivity contribution in [2.75, 3.05) is 0 Å². The number of nitrogens with one attached hydrogen (secondary N) is 1. The highest BCUT2D eigenvalue weighted by atomic mass is 32.2. The number of hydrogen-bond acceptors (Lipinski definition) is 4. The number of aryl methyl sites for hydroxylation is 1. The zero-order chi connectivity index (χ0) is 19.1. The average Bonchev–Trinajstić information content (AvgIpc) is 2.68. The Kier molecular flexibility index (Phi) is 5.88. The van der Waals surface area contributed by atoms with Gasteiger partial charge in [-0.15, -0.1) is 0 Å². The van der Waals surface area contributed by atoms with E-state index in [1.54, 1.807) is 24.3 Å². The van der Waals surface area contributed by atoms with Gasteiger partial charge in [0, 0.05) is 0 Å².